The van der Waals surface area contributed by atoms with E-state index < -0.39 is 10.0 Å². The van der Waals surface area contributed by atoms with Gasteiger partial charge < -0.3 is 5.73 Å². The van der Waals surface area contributed by atoms with Gasteiger partial charge >= 0.3 is 0 Å². The third-order valence-electron chi connectivity index (χ3n) is 3.45. The highest BCUT2D eigenvalue weighted by atomic mass is 32.2. The fraction of sp³-hybridized carbons (Fsp3) is 0.571. The van der Waals surface area contributed by atoms with Gasteiger partial charge in [0, 0.05) is 18.3 Å². The van der Waals surface area contributed by atoms with E-state index in [4.69, 9.17) is 5.73 Å². The van der Waals surface area contributed by atoms with Crippen LogP contribution in [-0.2, 0) is 16.4 Å². The smallest absolute Gasteiger partial charge is 0.243 e. The Balaban J connectivity index is 3.37. The number of nitrogens with zero attached hydrogens (tertiary/aromatic N) is 1. The van der Waals surface area contributed by atoms with Crippen LogP contribution >= 0.6 is 0 Å². The van der Waals surface area contributed by atoms with E-state index in [1.54, 1.807) is 22.5 Å². The first-order valence-corrected chi connectivity index (χ1v) is 8.22. The number of aryl methyl sites for hydroxylation is 1. The summed E-state index contributed by atoms with van der Waals surface area (Å²) in [6.07, 6.45) is 1.46. The van der Waals surface area contributed by atoms with Gasteiger partial charge in [0.25, 0.3) is 0 Å². The van der Waals surface area contributed by atoms with Crippen LogP contribution in [0.3, 0.4) is 0 Å². The quantitative estimate of drug-likeness (QED) is 0.817. The molecule has 4 nitrogen and oxygen atoms in total. The molecule has 5 heteroatoms. The Hall–Kier alpha value is -1.07. The zero-order valence-corrected chi connectivity index (χ0v) is 13.0. The van der Waals surface area contributed by atoms with Crippen molar-refractivity contribution in [2.24, 2.45) is 0 Å². The van der Waals surface area contributed by atoms with E-state index in [9.17, 15) is 8.42 Å². The number of rotatable bonds is 6. The van der Waals surface area contributed by atoms with Crippen molar-refractivity contribution in [2.45, 2.75) is 51.5 Å². The van der Waals surface area contributed by atoms with Crippen molar-refractivity contribution in [3.63, 3.8) is 0 Å². The molecule has 0 bridgehead atoms. The summed E-state index contributed by atoms with van der Waals surface area (Å²) >= 11 is 0. The lowest BCUT2D eigenvalue weighted by Crippen LogP contribution is -2.38. The normalized spacial score (nSPS) is 13.7. The van der Waals surface area contributed by atoms with E-state index in [-0.39, 0.29) is 6.04 Å². The van der Waals surface area contributed by atoms with Crippen LogP contribution in [0.15, 0.2) is 23.1 Å². The van der Waals surface area contributed by atoms with Crippen molar-refractivity contribution >= 4 is 15.7 Å². The second kappa shape index (κ2) is 6.39. The zero-order valence-electron chi connectivity index (χ0n) is 12.2. The molecule has 0 aromatic heterocycles. The molecule has 1 aromatic rings. The monoisotopic (exact) mass is 284 g/mol. The van der Waals surface area contributed by atoms with Crippen LogP contribution in [0.1, 0.15) is 39.7 Å². The van der Waals surface area contributed by atoms with Crippen molar-refractivity contribution in [3.05, 3.63) is 23.8 Å². The molecule has 0 aliphatic heterocycles. The highest BCUT2D eigenvalue weighted by Gasteiger charge is 2.28. The molecule has 2 N–H and O–H groups in total. The molecule has 1 aromatic carbocycles. The van der Waals surface area contributed by atoms with Gasteiger partial charge in [0.1, 0.15) is 0 Å². The van der Waals surface area contributed by atoms with Gasteiger partial charge in [-0.15, -0.1) is 0 Å². The Morgan fingerprint density at radius 2 is 1.89 bits per heavy atom. The molecule has 0 heterocycles. The summed E-state index contributed by atoms with van der Waals surface area (Å²) in [7, 11) is -3.47. The second-order valence-electron chi connectivity index (χ2n) is 4.69. The molecular weight excluding hydrogens is 260 g/mol. The van der Waals surface area contributed by atoms with E-state index >= 15 is 0 Å². The first-order valence-electron chi connectivity index (χ1n) is 6.78. The lowest BCUT2D eigenvalue weighted by Gasteiger charge is -2.27. The fourth-order valence-corrected chi connectivity index (χ4v) is 4.20. The third kappa shape index (κ3) is 3.28. The average Bonchev–Trinajstić information content (AvgIpc) is 2.38. The van der Waals surface area contributed by atoms with Crippen LogP contribution < -0.4 is 5.73 Å². The van der Waals surface area contributed by atoms with Crippen LogP contribution in [0.5, 0.6) is 0 Å². The Morgan fingerprint density at radius 3 is 2.37 bits per heavy atom. The number of hydrogen-bond acceptors (Lipinski definition) is 3. The van der Waals surface area contributed by atoms with Crippen LogP contribution in [0.25, 0.3) is 0 Å². The number of hydrogen-bond donors (Lipinski definition) is 1. The van der Waals surface area contributed by atoms with Gasteiger partial charge in [-0.2, -0.15) is 4.31 Å². The molecule has 0 saturated heterocycles. The van der Waals surface area contributed by atoms with Gasteiger partial charge in [-0.25, -0.2) is 8.42 Å². The average molecular weight is 284 g/mol. The third-order valence-corrected chi connectivity index (χ3v) is 5.62. The van der Waals surface area contributed by atoms with Crippen molar-refractivity contribution in [2.75, 3.05) is 12.3 Å². The molecular formula is C14H24N2O2S. The Bertz CT molecular complexity index is 526. The van der Waals surface area contributed by atoms with Gasteiger partial charge in [-0.1, -0.05) is 26.8 Å². The van der Waals surface area contributed by atoms with Crippen LogP contribution in [-0.4, -0.2) is 25.3 Å². The summed E-state index contributed by atoms with van der Waals surface area (Å²) in [4.78, 5) is 0.345. The zero-order chi connectivity index (χ0) is 14.6. The molecule has 0 amide bonds. The fourth-order valence-electron chi connectivity index (χ4n) is 2.15. The van der Waals surface area contributed by atoms with Crippen molar-refractivity contribution < 1.29 is 8.42 Å². The van der Waals surface area contributed by atoms with Crippen LogP contribution in [0.2, 0.25) is 0 Å². The standard InChI is InChI=1S/C14H24N2O2S/c1-5-11(4)16(7-3)19(17,18)14-10-13(15)9-8-12(14)6-2/h8-11H,5-7,15H2,1-4H3. The first-order chi connectivity index (χ1) is 8.88. The number of anilines is 1. The number of sulfonamides is 1. The van der Waals surface area contributed by atoms with Crippen molar-refractivity contribution in [3.8, 4) is 0 Å². The molecule has 0 spiro atoms. The predicted octanol–water partition coefficient (Wildman–Crippen LogP) is 2.64. The minimum absolute atomic E-state index is 0.0128. The van der Waals surface area contributed by atoms with Crippen molar-refractivity contribution in [1.29, 1.82) is 0 Å². The van der Waals surface area contributed by atoms with E-state index in [0.29, 0.717) is 23.5 Å². The SMILES string of the molecule is CCc1ccc(N)cc1S(=O)(=O)N(CC)C(C)CC. The molecule has 0 saturated carbocycles. The van der Waals surface area contributed by atoms with E-state index in [1.165, 1.54) is 0 Å². The van der Waals surface area contributed by atoms with Gasteiger partial charge in [0.05, 0.1) is 4.90 Å². The van der Waals surface area contributed by atoms with Crippen LogP contribution in [0, 0.1) is 0 Å². The summed E-state index contributed by atoms with van der Waals surface area (Å²) in [5, 5.41) is 0. The minimum Gasteiger partial charge on any atom is -0.399 e. The second-order valence-corrected chi connectivity index (χ2v) is 6.55. The summed E-state index contributed by atoms with van der Waals surface area (Å²) in [5.74, 6) is 0. The van der Waals surface area contributed by atoms with E-state index in [2.05, 4.69) is 0 Å². The Labute approximate surface area is 116 Å². The highest BCUT2D eigenvalue weighted by molar-refractivity contribution is 7.89. The van der Waals surface area contributed by atoms with Gasteiger partial charge in [0.2, 0.25) is 10.0 Å². The molecule has 0 aliphatic rings. The Morgan fingerprint density at radius 1 is 1.26 bits per heavy atom. The number of nitrogens with two attached hydrogens (primary N) is 1. The lowest BCUT2D eigenvalue weighted by molar-refractivity contribution is 0.342. The molecule has 1 rings (SSSR count). The largest absolute Gasteiger partial charge is 0.399 e. The van der Waals surface area contributed by atoms with E-state index in [1.807, 2.05) is 27.7 Å². The molecule has 1 unspecified atom stereocenters. The van der Waals surface area contributed by atoms with Crippen LogP contribution in [0.4, 0.5) is 5.69 Å². The molecule has 0 aliphatic carbocycles. The van der Waals surface area contributed by atoms with Gasteiger partial charge in [0.15, 0.2) is 0 Å². The maximum atomic E-state index is 12.8. The molecule has 0 radical (unpaired) electrons. The topological polar surface area (TPSA) is 63.4 Å². The summed E-state index contributed by atoms with van der Waals surface area (Å²) in [6, 6.07) is 5.10. The number of nitrogen functional groups attached to an aromatic ring is 1. The van der Waals surface area contributed by atoms with E-state index in [0.717, 1.165) is 12.0 Å². The van der Waals surface area contributed by atoms with Gasteiger partial charge in [-0.3, -0.25) is 0 Å². The minimum atomic E-state index is -3.47. The number of benzene rings is 1. The van der Waals surface area contributed by atoms with Gasteiger partial charge in [-0.05, 0) is 37.5 Å². The maximum Gasteiger partial charge on any atom is 0.243 e. The first kappa shape index (κ1) is 16.0. The molecule has 108 valence electrons. The molecule has 1 atom stereocenters. The summed E-state index contributed by atoms with van der Waals surface area (Å²) in [5.41, 5.74) is 7.04. The van der Waals surface area contributed by atoms with Crippen molar-refractivity contribution in [1.82, 2.24) is 4.31 Å². The predicted molar refractivity (Wildman–Crippen MR) is 79.6 cm³/mol. The molecule has 0 fully saturated rings. The highest BCUT2D eigenvalue weighted by Crippen LogP contribution is 2.25. The Kier molecular flexibility index (Phi) is 5.38. The lowest BCUT2D eigenvalue weighted by atomic mass is 10.1. The maximum absolute atomic E-state index is 12.8. The summed E-state index contributed by atoms with van der Waals surface area (Å²) < 4.78 is 27.1. The molecule has 19 heavy (non-hydrogen) atoms. The summed E-state index contributed by atoms with van der Waals surface area (Å²) in [6.45, 7) is 8.20.